The van der Waals surface area contributed by atoms with E-state index in [-0.39, 0.29) is 13.2 Å². The van der Waals surface area contributed by atoms with Crippen molar-refractivity contribution < 1.29 is 13.2 Å². The van der Waals surface area contributed by atoms with Gasteiger partial charge in [-0.15, -0.1) is 0 Å². The molecule has 0 bridgehead atoms. The van der Waals surface area contributed by atoms with Gasteiger partial charge in [0.1, 0.15) is 0 Å². The molecule has 0 aliphatic heterocycles. The first-order valence-corrected chi connectivity index (χ1v) is 17.9. The molecule has 0 fully saturated rings. The molecule has 1 aromatic rings. The van der Waals surface area contributed by atoms with Gasteiger partial charge in [0.05, 0.1) is 0 Å². The van der Waals surface area contributed by atoms with Gasteiger partial charge in [-0.1, -0.05) is 43.7 Å². The fourth-order valence-corrected chi connectivity index (χ4v) is 0.933. The molecule has 0 aliphatic carbocycles. The molecule has 0 spiro atoms. The van der Waals surface area contributed by atoms with E-state index in [4.69, 9.17) is 0 Å². The van der Waals surface area contributed by atoms with Crippen LogP contribution in [0.5, 0.6) is 0 Å². The topological polar surface area (TPSA) is 0 Å². The SMILES string of the molecule is CCCc1ccccc1.[Br][Zn][Br]. The van der Waals surface area contributed by atoms with Crippen LogP contribution in [0.2, 0.25) is 0 Å². The second kappa shape index (κ2) is 9.89. The van der Waals surface area contributed by atoms with Crippen LogP contribution in [0.1, 0.15) is 18.9 Å². The van der Waals surface area contributed by atoms with Gasteiger partial charge in [-0.25, -0.2) is 0 Å². The Morgan fingerprint density at radius 2 is 1.67 bits per heavy atom. The molecule has 0 N–H and O–H groups in total. The summed E-state index contributed by atoms with van der Waals surface area (Å²) in [5, 5.41) is 0. The van der Waals surface area contributed by atoms with Crippen LogP contribution in [-0.4, -0.2) is 0 Å². The molecular weight excluding hydrogens is 333 g/mol. The molecule has 1 rings (SSSR count). The Labute approximate surface area is 95.4 Å². The molecule has 0 radical (unpaired) electrons. The first-order chi connectivity index (χ1) is 5.85. The second-order valence-corrected chi connectivity index (χ2v) is 16.4. The van der Waals surface area contributed by atoms with E-state index >= 15 is 0 Å². The van der Waals surface area contributed by atoms with Crippen LogP contribution in [0, 0.1) is 0 Å². The van der Waals surface area contributed by atoms with Crippen LogP contribution >= 0.6 is 27.2 Å². The number of hydrogen-bond acceptors (Lipinski definition) is 0. The van der Waals surface area contributed by atoms with Crippen LogP contribution in [0.15, 0.2) is 30.3 Å². The Balaban J connectivity index is 0.000000354. The molecule has 0 aromatic heterocycles. The normalized spacial score (nSPS) is 7.92. The predicted octanol–water partition coefficient (Wildman–Crippen LogP) is 4.33. The van der Waals surface area contributed by atoms with Crippen molar-refractivity contribution in [3.05, 3.63) is 35.9 Å². The van der Waals surface area contributed by atoms with E-state index in [0.29, 0.717) is 0 Å². The van der Waals surface area contributed by atoms with Crippen LogP contribution in [-0.2, 0) is 19.6 Å². The zero-order chi connectivity index (χ0) is 9.23. The quantitative estimate of drug-likeness (QED) is 0.700. The van der Waals surface area contributed by atoms with Crippen molar-refractivity contribution in [2.24, 2.45) is 0 Å². The Morgan fingerprint density at radius 3 is 2.08 bits per heavy atom. The second-order valence-electron chi connectivity index (χ2n) is 2.34. The van der Waals surface area contributed by atoms with E-state index in [0.717, 1.165) is 0 Å². The molecule has 0 unspecified atom stereocenters. The summed E-state index contributed by atoms with van der Waals surface area (Å²) in [6, 6.07) is 10.6. The molecule has 1 aromatic carbocycles. The third-order valence-electron chi connectivity index (χ3n) is 1.38. The molecule has 12 heavy (non-hydrogen) atoms. The third-order valence-corrected chi connectivity index (χ3v) is 1.38. The summed E-state index contributed by atoms with van der Waals surface area (Å²) < 4.78 is 0. The van der Waals surface area contributed by atoms with Crippen molar-refractivity contribution in [2.45, 2.75) is 19.8 Å². The van der Waals surface area contributed by atoms with E-state index in [1.165, 1.54) is 18.4 Å². The summed E-state index contributed by atoms with van der Waals surface area (Å²) >= 11 is 6.25. The first kappa shape index (κ1) is 12.8. The zero-order valence-corrected chi connectivity index (χ0v) is 13.4. The van der Waals surface area contributed by atoms with Crippen molar-refractivity contribution in [2.75, 3.05) is 0 Å². The molecule has 0 atom stereocenters. The number of benzene rings is 1. The number of rotatable bonds is 2. The average Bonchev–Trinajstić information content (AvgIpc) is 2.08. The van der Waals surface area contributed by atoms with Crippen LogP contribution in [0.4, 0.5) is 0 Å². The molecule has 0 heterocycles. The van der Waals surface area contributed by atoms with E-state index in [1.54, 1.807) is 0 Å². The molecule has 64 valence electrons. The van der Waals surface area contributed by atoms with Gasteiger partial charge in [0.25, 0.3) is 0 Å². The summed E-state index contributed by atoms with van der Waals surface area (Å²) in [6.07, 6.45) is 2.45. The maximum absolute atomic E-state index is 3.25. The van der Waals surface area contributed by atoms with Crippen LogP contribution < -0.4 is 0 Å². The van der Waals surface area contributed by atoms with Crippen molar-refractivity contribution in [3.63, 3.8) is 0 Å². The molecular formula is C9H12Br2Zn. The van der Waals surface area contributed by atoms with Crippen molar-refractivity contribution in [3.8, 4) is 0 Å². The van der Waals surface area contributed by atoms with Gasteiger partial charge in [0, 0.05) is 0 Å². The minimum absolute atomic E-state index is 0.250. The van der Waals surface area contributed by atoms with Gasteiger partial charge in [-0.2, -0.15) is 0 Å². The van der Waals surface area contributed by atoms with E-state index < -0.39 is 0 Å². The van der Waals surface area contributed by atoms with Gasteiger partial charge in [0.15, 0.2) is 0 Å². The van der Waals surface area contributed by atoms with Crippen LogP contribution in [0.25, 0.3) is 0 Å². The third kappa shape index (κ3) is 7.45. The van der Waals surface area contributed by atoms with Crippen molar-refractivity contribution >= 4 is 27.2 Å². The van der Waals surface area contributed by atoms with Gasteiger partial charge in [-0.05, 0) is 12.0 Å². The average molecular weight is 345 g/mol. The monoisotopic (exact) mass is 342 g/mol. The van der Waals surface area contributed by atoms with Gasteiger partial charge < -0.3 is 0 Å². The van der Waals surface area contributed by atoms with E-state index in [9.17, 15) is 0 Å². The maximum atomic E-state index is 3.25. The Hall–Kier alpha value is 0.803. The standard InChI is InChI=1S/C9H12.2BrH.Zn/c1-2-6-9-7-4-3-5-8-9;;;/h3-5,7-8H,2,6H2,1H3;2*1H;/q;;;+2/p-2. The minimum atomic E-state index is -0.250. The van der Waals surface area contributed by atoms with Crippen molar-refractivity contribution in [1.82, 2.24) is 0 Å². The first-order valence-electron chi connectivity index (χ1n) is 4.01. The number of hydrogen-bond donors (Lipinski definition) is 0. The molecule has 0 aliphatic rings. The summed E-state index contributed by atoms with van der Waals surface area (Å²) in [7, 11) is 0. The number of aryl methyl sites for hydroxylation is 1. The van der Waals surface area contributed by atoms with Gasteiger partial charge >= 0.3 is 40.5 Å². The molecule has 0 saturated heterocycles. The number of halogens is 2. The molecule has 0 nitrogen and oxygen atoms in total. The zero-order valence-electron chi connectivity index (χ0n) is 7.26. The van der Waals surface area contributed by atoms with Crippen molar-refractivity contribution in [1.29, 1.82) is 0 Å². The Kier molecular flexibility index (Phi) is 10.6. The Morgan fingerprint density at radius 1 is 1.17 bits per heavy atom. The summed E-state index contributed by atoms with van der Waals surface area (Å²) in [5.41, 5.74) is 1.44. The fraction of sp³-hybridized carbons (Fsp3) is 0.333. The summed E-state index contributed by atoms with van der Waals surface area (Å²) in [5.74, 6) is 0. The molecule has 3 heteroatoms. The van der Waals surface area contributed by atoms with Gasteiger partial charge in [0.2, 0.25) is 0 Å². The molecule has 0 amide bonds. The summed E-state index contributed by atoms with van der Waals surface area (Å²) in [4.78, 5) is 0. The summed E-state index contributed by atoms with van der Waals surface area (Å²) in [6.45, 7) is 2.20. The molecule has 0 saturated carbocycles. The van der Waals surface area contributed by atoms with Gasteiger partial charge in [-0.3, -0.25) is 0 Å². The van der Waals surface area contributed by atoms with E-state index in [2.05, 4.69) is 64.5 Å². The predicted molar refractivity (Wildman–Crippen MR) is 58.3 cm³/mol. The van der Waals surface area contributed by atoms with E-state index in [1.807, 2.05) is 0 Å². The Bertz CT molecular complexity index is 177. The fourth-order valence-electron chi connectivity index (χ4n) is 0.933. The van der Waals surface area contributed by atoms with Crippen LogP contribution in [0.3, 0.4) is 0 Å².